The van der Waals surface area contributed by atoms with Gasteiger partial charge in [0.15, 0.2) is 0 Å². The molecule has 0 saturated heterocycles. The van der Waals surface area contributed by atoms with Crippen LogP contribution in [0.2, 0.25) is 0 Å². The highest BCUT2D eigenvalue weighted by atomic mass is 19.1. The zero-order chi connectivity index (χ0) is 17.8. The summed E-state index contributed by atoms with van der Waals surface area (Å²) in [5.41, 5.74) is 0.750. The van der Waals surface area contributed by atoms with Crippen LogP contribution in [-0.2, 0) is 6.54 Å². The van der Waals surface area contributed by atoms with Crippen molar-refractivity contribution in [3.05, 3.63) is 82.2 Å². The van der Waals surface area contributed by atoms with E-state index in [1.807, 2.05) is 0 Å². The number of halogens is 1. The molecule has 1 amide bonds. The molecule has 1 N–H and O–H groups in total. The maximum atomic E-state index is 13.3. The lowest BCUT2D eigenvalue weighted by Gasteiger charge is -2.07. The van der Waals surface area contributed by atoms with E-state index in [1.165, 1.54) is 12.4 Å². The molecule has 0 atom stereocenters. The fourth-order valence-corrected chi connectivity index (χ4v) is 2.20. The number of hydrogen-bond acceptors (Lipinski definition) is 5. The summed E-state index contributed by atoms with van der Waals surface area (Å²) < 4.78 is 15.0. The maximum absolute atomic E-state index is 13.3. The average molecular weight is 341 g/mol. The van der Waals surface area contributed by atoms with Crippen molar-refractivity contribution in [2.24, 2.45) is 0 Å². The Morgan fingerprint density at radius 2 is 2.00 bits per heavy atom. The standard InChI is InChI=1S/C16H12FN5O3/c17-14-6-5-13(7-15(14)22(24)25)20-16(23)12-3-1-11(2-4-12)8-21-10-18-9-19-21/h1-7,9-10H,8H2,(H,20,23). The van der Waals surface area contributed by atoms with E-state index in [-0.39, 0.29) is 5.69 Å². The van der Waals surface area contributed by atoms with Crippen LogP contribution in [0.3, 0.4) is 0 Å². The minimum Gasteiger partial charge on any atom is -0.322 e. The number of hydrogen-bond donors (Lipinski definition) is 1. The first-order chi connectivity index (χ1) is 12.0. The molecule has 3 rings (SSSR count). The van der Waals surface area contributed by atoms with Crippen molar-refractivity contribution in [3.63, 3.8) is 0 Å². The summed E-state index contributed by atoms with van der Waals surface area (Å²) in [7, 11) is 0. The normalized spacial score (nSPS) is 10.4. The van der Waals surface area contributed by atoms with Crippen molar-refractivity contribution >= 4 is 17.3 Å². The van der Waals surface area contributed by atoms with Gasteiger partial charge in [-0.2, -0.15) is 9.49 Å². The molecule has 0 aliphatic carbocycles. The molecule has 0 radical (unpaired) electrons. The van der Waals surface area contributed by atoms with Gasteiger partial charge in [0.1, 0.15) is 12.7 Å². The third-order valence-corrected chi connectivity index (χ3v) is 3.43. The first kappa shape index (κ1) is 16.2. The van der Waals surface area contributed by atoms with Crippen LogP contribution in [0.1, 0.15) is 15.9 Å². The van der Waals surface area contributed by atoms with Gasteiger partial charge in [0.25, 0.3) is 5.91 Å². The number of aromatic nitrogens is 3. The second-order valence-electron chi connectivity index (χ2n) is 5.17. The number of benzene rings is 2. The fourth-order valence-electron chi connectivity index (χ4n) is 2.20. The first-order valence-electron chi connectivity index (χ1n) is 7.19. The van der Waals surface area contributed by atoms with Crippen molar-refractivity contribution in [2.75, 3.05) is 5.32 Å². The molecule has 1 aromatic heterocycles. The van der Waals surface area contributed by atoms with E-state index >= 15 is 0 Å². The Bertz CT molecular complexity index is 910. The number of carbonyl (C=O) groups is 1. The Hall–Kier alpha value is -3.62. The molecule has 0 bridgehead atoms. The van der Waals surface area contributed by atoms with Crippen molar-refractivity contribution in [1.29, 1.82) is 0 Å². The van der Waals surface area contributed by atoms with Crippen LogP contribution in [0.4, 0.5) is 15.8 Å². The topological polar surface area (TPSA) is 103 Å². The van der Waals surface area contributed by atoms with Crippen LogP contribution < -0.4 is 5.32 Å². The van der Waals surface area contributed by atoms with Crippen LogP contribution in [0.25, 0.3) is 0 Å². The average Bonchev–Trinajstić information content (AvgIpc) is 3.10. The third kappa shape index (κ3) is 3.83. The molecule has 9 heteroatoms. The molecule has 3 aromatic rings. The summed E-state index contributed by atoms with van der Waals surface area (Å²) in [5.74, 6) is -1.41. The van der Waals surface area contributed by atoms with Gasteiger partial charge in [0.05, 0.1) is 11.5 Å². The van der Waals surface area contributed by atoms with Gasteiger partial charge >= 0.3 is 5.69 Å². The molecule has 25 heavy (non-hydrogen) atoms. The van der Waals surface area contributed by atoms with E-state index in [1.54, 1.807) is 35.3 Å². The van der Waals surface area contributed by atoms with Gasteiger partial charge in [-0.3, -0.25) is 14.9 Å². The highest BCUT2D eigenvalue weighted by Crippen LogP contribution is 2.22. The van der Waals surface area contributed by atoms with E-state index in [2.05, 4.69) is 15.4 Å². The largest absolute Gasteiger partial charge is 0.322 e. The Morgan fingerprint density at radius 3 is 2.64 bits per heavy atom. The molecule has 0 aliphatic rings. The lowest BCUT2D eigenvalue weighted by atomic mass is 10.1. The Balaban J connectivity index is 1.71. The van der Waals surface area contributed by atoms with Crippen molar-refractivity contribution < 1.29 is 14.1 Å². The number of amides is 1. The number of carbonyl (C=O) groups excluding carboxylic acids is 1. The summed E-state index contributed by atoms with van der Waals surface area (Å²) in [6.45, 7) is 0.520. The Kier molecular flexibility index (Phi) is 4.46. The Labute approximate surface area is 141 Å². The molecule has 0 spiro atoms. The van der Waals surface area contributed by atoms with E-state index in [4.69, 9.17) is 0 Å². The molecule has 0 aliphatic heterocycles. The van der Waals surface area contributed by atoms with Crippen LogP contribution in [0.15, 0.2) is 55.1 Å². The van der Waals surface area contributed by atoms with Gasteiger partial charge in [0, 0.05) is 17.3 Å². The van der Waals surface area contributed by atoms with Crippen LogP contribution in [0.5, 0.6) is 0 Å². The minimum atomic E-state index is -0.958. The molecule has 8 nitrogen and oxygen atoms in total. The molecule has 0 unspecified atom stereocenters. The van der Waals surface area contributed by atoms with Crippen LogP contribution in [-0.4, -0.2) is 25.6 Å². The van der Waals surface area contributed by atoms with E-state index in [9.17, 15) is 19.3 Å². The summed E-state index contributed by atoms with van der Waals surface area (Å²) in [4.78, 5) is 26.0. The molecular weight excluding hydrogens is 329 g/mol. The third-order valence-electron chi connectivity index (χ3n) is 3.43. The predicted molar refractivity (Wildman–Crippen MR) is 86.6 cm³/mol. The van der Waals surface area contributed by atoms with Gasteiger partial charge in [-0.1, -0.05) is 12.1 Å². The number of nitro groups is 1. The van der Waals surface area contributed by atoms with Gasteiger partial charge in [0.2, 0.25) is 5.82 Å². The fraction of sp³-hybridized carbons (Fsp3) is 0.0625. The summed E-state index contributed by atoms with van der Waals surface area (Å²) in [5, 5.41) is 17.2. The smallest absolute Gasteiger partial charge is 0.306 e. The van der Waals surface area contributed by atoms with Gasteiger partial charge in [-0.05, 0) is 29.8 Å². The summed E-state index contributed by atoms with van der Waals surface area (Å²) in [6, 6.07) is 9.97. The van der Waals surface area contributed by atoms with Crippen molar-refractivity contribution in [1.82, 2.24) is 14.8 Å². The van der Waals surface area contributed by atoms with E-state index in [0.29, 0.717) is 12.1 Å². The second kappa shape index (κ2) is 6.87. The van der Waals surface area contributed by atoms with Gasteiger partial charge in [-0.25, -0.2) is 9.67 Å². The molecule has 2 aromatic carbocycles. The van der Waals surface area contributed by atoms with Gasteiger partial charge in [-0.15, -0.1) is 0 Å². The SMILES string of the molecule is O=C(Nc1ccc(F)c([N+](=O)[O-])c1)c1ccc(Cn2cncn2)cc1. The molecular formula is C16H12FN5O3. The predicted octanol–water partition coefficient (Wildman–Crippen LogP) is 2.63. The quantitative estimate of drug-likeness (QED) is 0.567. The van der Waals surface area contributed by atoms with Crippen LogP contribution in [0, 0.1) is 15.9 Å². The van der Waals surface area contributed by atoms with E-state index in [0.717, 1.165) is 17.7 Å². The number of rotatable bonds is 5. The highest BCUT2D eigenvalue weighted by Gasteiger charge is 2.15. The lowest BCUT2D eigenvalue weighted by Crippen LogP contribution is -2.12. The minimum absolute atomic E-state index is 0.143. The van der Waals surface area contributed by atoms with Gasteiger partial charge < -0.3 is 5.32 Å². The summed E-state index contributed by atoms with van der Waals surface area (Å²) >= 11 is 0. The molecule has 0 fully saturated rings. The summed E-state index contributed by atoms with van der Waals surface area (Å²) in [6.07, 6.45) is 3.02. The molecule has 126 valence electrons. The van der Waals surface area contributed by atoms with Crippen molar-refractivity contribution in [2.45, 2.75) is 6.54 Å². The monoisotopic (exact) mass is 341 g/mol. The Morgan fingerprint density at radius 1 is 1.24 bits per heavy atom. The first-order valence-corrected chi connectivity index (χ1v) is 7.19. The number of anilines is 1. The van der Waals surface area contributed by atoms with Crippen LogP contribution >= 0.6 is 0 Å². The van der Waals surface area contributed by atoms with Crippen molar-refractivity contribution in [3.8, 4) is 0 Å². The number of nitrogens with one attached hydrogen (secondary N) is 1. The lowest BCUT2D eigenvalue weighted by molar-refractivity contribution is -0.387. The maximum Gasteiger partial charge on any atom is 0.306 e. The molecule has 1 heterocycles. The number of nitro benzene ring substituents is 1. The molecule has 0 saturated carbocycles. The zero-order valence-corrected chi connectivity index (χ0v) is 12.8. The van der Waals surface area contributed by atoms with E-state index < -0.39 is 22.3 Å². The zero-order valence-electron chi connectivity index (χ0n) is 12.8. The number of nitrogens with zero attached hydrogens (tertiary/aromatic N) is 4. The second-order valence-corrected chi connectivity index (χ2v) is 5.17. The highest BCUT2D eigenvalue weighted by molar-refractivity contribution is 6.04.